The van der Waals surface area contributed by atoms with Crippen molar-refractivity contribution in [1.82, 2.24) is 10.3 Å². The van der Waals surface area contributed by atoms with Crippen molar-refractivity contribution < 1.29 is 0 Å². The molecule has 0 spiro atoms. The van der Waals surface area contributed by atoms with E-state index in [0.717, 1.165) is 30.9 Å². The summed E-state index contributed by atoms with van der Waals surface area (Å²) in [6, 6.07) is 10.9. The van der Waals surface area contributed by atoms with E-state index in [-0.39, 0.29) is 5.41 Å². The lowest BCUT2D eigenvalue weighted by Gasteiger charge is -2.33. The summed E-state index contributed by atoms with van der Waals surface area (Å²) in [7, 11) is 0. The molecule has 0 saturated carbocycles. The van der Waals surface area contributed by atoms with Crippen LogP contribution < -0.4 is 5.32 Å². The van der Waals surface area contributed by atoms with Crippen LogP contribution in [0.1, 0.15) is 36.5 Å². The maximum Gasteiger partial charge on any atom is 0.0897 e. The molecule has 1 aromatic heterocycles. The first-order valence-corrected chi connectivity index (χ1v) is 8.25. The summed E-state index contributed by atoms with van der Waals surface area (Å²) in [5.74, 6) is 0. The second-order valence-corrected chi connectivity index (χ2v) is 6.38. The molecule has 0 amide bonds. The van der Waals surface area contributed by atoms with Gasteiger partial charge in [-0.3, -0.25) is 0 Å². The zero-order valence-electron chi connectivity index (χ0n) is 12.6. The highest BCUT2D eigenvalue weighted by Gasteiger charge is 2.30. The Kier molecular flexibility index (Phi) is 5.32. The minimum absolute atomic E-state index is 0.137. The van der Waals surface area contributed by atoms with Crippen LogP contribution in [0.2, 0.25) is 0 Å². The van der Waals surface area contributed by atoms with Crippen LogP contribution in [0.5, 0.6) is 0 Å². The Morgan fingerprint density at radius 2 is 1.95 bits per heavy atom. The predicted molar refractivity (Wildman–Crippen MR) is 87.5 cm³/mol. The smallest absolute Gasteiger partial charge is 0.0897 e. The van der Waals surface area contributed by atoms with E-state index in [9.17, 15) is 0 Å². The lowest BCUT2D eigenvalue weighted by Crippen LogP contribution is -2.39. The third kappa shape index (κ3) is 3.47. The topological polar surface area (TPSA) is 24.9 Å². The number of likely N-dealkylation sites (N-methyl/N-ethyl adjacent to an activating group) is 1. The molecule has 2 nitrogen and oxygen atoms in total. The van der Waals surface area contributed by atoms with Gasteiger partial charge in [0.05, 0.1) is 10.7 Å². The fourth-order valence-corrected chi connectivity index (χ4v) is 3.33. The van der Waals surface area contributed by atoms with Gasteiger partial charge in [-0.2, -0.15) is 0 Å². The highest BCUT2D eigenvalue weighted by atomic mass is 32.1. The second-order valence-electron chi connectivity index (χ2n) is 5.31. The Balaban J connectivity index is 2.31. The summed E-state index contributed by atoms with van der Waals surface area (Å²) < 4.78 is 0. The first-order chi connectivity index (χ1) is 9.70. The van der Waals surface area contributed by atoms with Crippen LogP contribution in [0.15, 0.2) is 35.7 Å². The number of benzene rings is 1. The van der Waals surface area contributed by atoms with Crippen molar-refractivity contribution in [2.75, 3.05) is 13.1 Å². The Morgan fingerprint density at radius 3 is 2.50 bits per heavy atom. The summed E-state index contributed by atoms with van der Waals surface area (Å²) in [5.41, 5.74) is 2.77. The van der Waals surface area contributed by atoms with Crippen molar-refractivity contribution in [3.8, 4) is 0 Å². The van der Waals surface area contributed by atoms with Gasteiger partial charge in [-0.1, -0.05) is 44.2 Å². The standard InChI is InChI=1S/C17H24N2S/c1-4-17(13-18-5-2,15-9-7-6-8-10-15)11-16-12-20-14(3)19-16/h6-10,12,18H,4-5,11,13H2,1-3H3. The van der Waals surface area contributed by atoms with Crippen LogP contribution in [0.25, 0.3) is 0 Å². The summed E-state index contributed by atoms with van der Waals surface area (Å²) in [6.45, 7) is 8.53. The molecule has 2 rings (SSSR count). The van der Waals surface area contributed by atoms with Crippen LogP contribution >= 0.6 is 11.3 Å². The van der Waals surface area contributed by atoms with E-state index in [1.165, 1.54) is 11.3 Å². The van der Waals surface area contributed by atoms with E-state index in [2.05, 4.69) is 66.8 Å². The molecule has 0 aliphatic rings. The monoisotopic (exact) mass is 288 g/mol. The van der Waals surface area contributed by atoms with Gasteiger partial charge in [-0.15, -0.1) is 11.3 Å². The van der Waals surface area contributed by atoms with E-state index in [1.54, 1.807) is 11.3 Å². The molecule has 1 N–H and O–H groups in total. The largest absolute Gasteiger partial charge is 0.316 e. The van der Waals surface area contributed by atoms with Gasteiger partial charge < -0.3 is 5.32 Å². The molecule has 1 atom stereocenters. The van der Waals surface area contributed by atoms with Gasteiger partial charge in [0, 0.05) is 23.8 Å². The number of nitrogens with one attached hydrogen (secondary N) is 1. The van der Waals surface area contributed by atoms with Gasteiger partial charge in [0.1, 0.15) is 0 Å². The van der Waals surface area contributed by atoms with E-state index < -0.39 is 0 Å². The van der Waals surface area contributed by atoms with Crippen LogP contribution in [0.3, 0.4) is 0 Å². The van der Waals surface area contributed by atoms with Gasteiger partial charge in [0.2, 0.25) is 0 Å². The first kappa shape index (κ1) is 15.2. The van der Waals surface area contributed by atoms with Gasteiger partial charge in [0.25, 0.3) is 0 Å². The van der Waals surface area contributed by atoms with Gasteiger partial charge in [-0.05, 0) is 25.5 Å². The van der Waals surface area contributed by atoms with Crippen LogP contribution in [0, 0.1) is 6.92 Å². The maximum absolute atomic E-state index is 4.67. The summed E-state index contributed by atoms with van der Waals surface area (Å²) in [6.07, 6.45) is 2.12. The van der Waals surface area contributed by atoms with Crippen LogP contribution in [0.4, 0.5) is 0 Å². The van der Waals surface area contributed by atoms with Crippen molar-refractivity contribution in [1.29, 1.82) is 0 Å². The van der Waals surface area contributed by atoms with Crippen molar-refractivity contribution in [2.24, 2.45) is 0 Å². The molecule has 1 heterocycles. The summed E-state index contributed by atoms with van der Waals surface area (Å²) in [4.78, 5) is 4.67. The molecule has 20 heavy (non-hydrogen) atoms. The normalized spacial score (nSPS) is 14.2. The molecular formula is C17H24N2S. The predicted octanol–water partition coefficient (Wildman–Crippen LogP) is 3.95. The Hall–Kier alpha value is -1.19. The fraction of sp³-hybridized carbons (Fsp3) is 0.471. The zero-order valence-corrected chi connectivity index (χ0v) is 13.5. The molecule has 0 radical (unpaired) electrons. The molecule has 0 bridgehead atoms. The fourth-order valence-electron chi connectivity index (χ4n) is 2.71. The Morgan fingerprint density at radius 1 is 1.20 bits per heavy atom. The van der Waals surface area contributed by atoms with Crippen molar-refractivity contribution >= 4 is 11.3 Å². The number of hydrogen-bond acceptors (Lipinski definition) is 3. The molecule has 0 aliphatic carbocycles. The van der Waals surface area contributed by atoms with Crippen LogP contribution in [-0.2, 0) is 11.8 Å². The van der Waals surface area contributed by atoms with Crippen molar-refractivity contribution in [2.45, 2.75) is 39.0 Å². The number of aromatic nitrogens is 1. The van der Waals surface area contributed by atoms with E-state index in [1.807, 2.05) is 0 Å². The van der Waals surface area contributed by atoms with Gasteiger partial charge in [-0.25, -0.2) is 4.98 Å². The van der Waals surface area contributed by atoms with Gasteiger partial charge >= 0.3 is 0 Å². The van der Waals surface area contributed by atoms with Crippen LogP contribution in [-0.4, -0.2) is 18.1 Å². The maximum atomic E-state index is 4.67. The molecule has 0 fully saturated rings. The van der Waals surface area contributed by atoms with E-state index in [0.29, 0.717) is 0 Å². The first-order valence-electron chi connectivity index (χ1n) is 7.37. The van der Waals surface area contributed by atoms with E-state index in [4.69, 9.17) is 0 Å². The lowest BCUT2D eigenvalue weighted by molar-refractivity contribution is 0.379. The highest BCUT2D eigenvalue weighted by Crippen LogP contribution is 2.32. The summed E-state index contributed by atoms with van der Waals surface area (Å²) in [5, 5.41) is 6.90. The average Bonchev–Trinajstić information content (AvgIpc) is 2.89. The minimum atomic E-state index is 0.137. The SMILES string of the molecule is CCNCC(CC)(Cc1csc(C)n1)c1ccccc1. The Labute approximate surface area is 126 Å². The molecule has 108 valence electrons. The van der Waals surface area contributed by atoms with E-state index >= 15 is 0 Å². The number of hydrogen-bond donors (Lipinski definition) is 1. The quantitative estimate of drug-likeness (QED) is 0.834. The molecule has 1 aromatic carbocycles. The molecule has 2 aromatic rings. The number of thiazole rings is 1. The van der Waals surface area contributed by atoms with Gasteiger partial charge in [0.15, 0.2) is 0 Å². The molecular weight excluding hydrogens is 264 g/mol. The molecule has 0 aliphatic heterocycles. The van der Waals surface area contributed by atoms with Crippen molar-refractivity contribution in [3.63, 3.8) is 0 Å². The lowest BCUT2D eigenvalue weighted by atomic mass is 9.74. The number of aryl methyl sites for hydroxylation is 1. The van der Waals surface area contributed by atoms with Crippen molar-refractivity contribution in [3.05, 3.63) is 52.0 Å². The number of rotatable bonds is 7. The second kappa shape index (κ2) is 7.00. The third-order valence-electron chi connectivity index (χ3n) is 3.96. The zero-order chi connectivity index (χ0) is 14.4. The third-order valence-corrected chi connectivity index (χ3v) is 4.78. The average molecular weight is 288 g/mol. The number of nitrogens with zero attached hydrogens (tertiary/aromatic N) is 1. The highest BCUT2D eigenvalue weighted by molar-refractivity contribution is 7.09. The molecule has 3 heteroatoms. The molecule has 0 saturated heterocycles. The minimum Gasteiger partial charge on any atom is -0.316 e. The Bertz CT molecular complexity index is 521. The molecule has 1 unspecified atom stereocenters. The summed E-state index contributed by atoms with van der Waals surface area (Å²) >= 11 is 1.74.